The largest absolute Gasteiger partial charge is 0.294 e. The van der Waals surface area contributed by atoms with Gasteiger partial charge in [0.15, 0.2) is 0 Å². The summed E-state index contributed by atoms with van der Waals surface area (Å²) < 4.78 is 0. The molecular weight excluding hydrogens is 711 g/mol. The quantitative estimate of drug-likeness (QED) is 0.210. The Kier molecular flexibility index (Phi) is 14.7. The molecule has 0 aromatic heterocycles. The first kappa shape index (κ1) is 42.4. The van der Waals surface area contributed by atoms with Crippen molar-refractivity contribution in [1.82, 2.24) is 4.90 Å². The molecule has 0 N–H and O–H groups in total. The van der Waals surface area contributed by atoms with E-state index in [-0.39, 0.29) is 0 Å². The van der Waals surface area contributed by atoms with E-state index in [2.05, 4.69) is 17.1 Å². The molecule has 0 aromatic rings. The first-order valence-corrected chi connectivity index (χ1v) is 28.5. The fourth-order valence-electron chi connectivity index (χ4n) is 18.2. The zero-order chi connectivity index (χ0) is 39.4. The van der Waals surface area contributed by atoms with Gasteiger partial charge in [-0.1, -0.05) is 120 Å². The van der Waals surface area contributed by atoms with Gasteiger partial charge in [-0.2, -0.15) is 0 Å². The Morgan fingerprint density at radius 2 is 0.593 bits per heavy atom. The number of likely N-dealkylation sites (tertiary alicyclic amines) is 1. The zero-order valence-electron chi connectivity index (χ0n) is 38.8. The number of hydrogen-bond donors (Lipinski definition) is 0. The summed E-state index contributed by atoms with van der Waals surface area (Å²) >= 11 is 0. The number of rotatable bonds is 9. The molecule has 10 aliphatic rings. The standard InChI is InChI=1S/C58H95N/c1-6-16-46(17-7-1)55(47-18-8-2-9-19-47)38-42-26-30-44(31-27-42)50-34-36-53-54-37-35-51(41-58(54)59(57(53)40-50)52-24-14-5-15-25-52)45-32-28-43(29-33-45)39-56(48-20-10-3-11-21-48)49-22-12-4-13-23-49/h38-39,42-54,57-58H,1-37,40-41H2. The maximum Gasteiger partial charge on any atom is 0.0135 e. The Bertz CT molecular complexity index is 1190. The van der Waals surface area contributed by atoms with Crippen molar-refractivity contribution < 1.29 is 0 Å². The summed E-state index contributed by atoms with van der Waals surface area (Å²) in [6, 6.07) is 2.83. The zero-order valence-corrected chi connectivity index (χ0v) is 38.8. The first-order chi connectivity index (χ1) is 29.2. The van der Waals surface area contributed by atoms with Gasteiger partial charge in [-0.15, -0.1) is 0 Å². The Morgan fingerprint density at radius 3 is 0.932 bits per heavy atom. The molecule has 10 rings (SSSR count). The number of hydrogen-bond acceptors (Lipinski definition) is 1. The Hall–Kier alpha value is -0.560. The van der Waals surface area contributed by atoms with Crippen LogP contribution in [0.25, 0.3) is 0 Å². The molecule has 10 fully saturated rings. The Morgan fingerprint density at radius 1 is 0.288 bits per heavy atom. The van der Waals surface area contributed by atoms with Crippen LogP contribution in [0.4, 0.5) is 0 Å². The molecule has 6 unspecified atom stereocenters. The average molecular weight is 806 g/mol. The van der Waals surface area contributed by atoms with Gasteiger partial charge in [-0.25, -0.2) is 0 Å². The molecule has 9 aliphatic carbocycles. The van der Waals surface area contributed by atoms with Crippen LogP contribution in [0.3, 0.4) is 0 Å². The summed E-state index contributed by atoms with van der Waals surface area (Å²) in [5.74, 6) is 11.9. The van der Waals surface area contributed by atoms with Crippen LogP contribution in [-0.4, -0.2) is 23.0 Å². The van der Waals surface area contributed by atoms with Crippen LogP contribution >= 0.6 is 0 Å². The van der Waals surface area contributed by atoms with Crippen molar-refractivity contribution in [3.05, 3.63) is 23.3 Å². The molecule has 1 aliphatic heterocycles. The highest BCUT2D eigenvalue weighted by Crippen LogP contribution is 2.57. The second-order valence-electron chi connectivity index (χ2n) is 24.4. The minimum Gasteiger partial charge on any atom is -0.294 e. The molecule has 0 spiro atoms. The molecule has 1 nitrogen and oxygen atoms in total. The van der Waals surface area contributed by atoms with Crippen LogP contribution in [0.5, 0.6) is 0 Å². The molecule has 0 amide bonds. The second kappa shape index (κ2) is 20.5. The van der Waals surface area contributed by atoms with Crippen LogP contribution in [0, 0.1) is 71.0 Å². The molecule has 1 saturated heterocycles. The van der Waals surface area contributed by atoms with E-state index in [0.29, 0.717) is 0 Å². The van der Waals surface area contributed by atoms with Gasteiger partial charge in [0.05, 0.1) is 0 Å². The van der Waals surface area contributed by atoms with Crippen molar-refractivity contribution in [3.8, 4) is 0 Å². The molecule has 59 heavy (non-hydrogen) atoms. The summed E-state index contributed by atoms with van der Waals surface area (Å²) in [7, 11) is 0. The molecule has 0 aromatic carbocycles. The van der Waals surface area contributed by atoms with Gasteiger partial charge in [-0.3, -0.25) is 4.90 Å². The van der Waals surface area contributed by atoms with Crippen molar-refractivity contribution in [2.24, 2.45) is 71.0 Å². The van der Waals surface area contributed by atoms with Crippen LogP contribution in [0.2, 0.25) is 0 Å². The number of allylic oxidation sites excluding steroid dienone is 4. The van der Waals surface area contributed by atoms with Gasteiger partial charge in [0.2, 0.25) is 0 Å². The molecule has 0 radical (unpaired) electrons. The minimum atomic E-state index is 0.911. The van der Waals surface area contributed by atoms with Crippen molar-refractivity contribution in [1.29, 1.82) is 0 Å². The van der Waals surface area contributed by atoms with Gasteiger partial charge < -0.3 is 0 Å². The lowest BCUT2D eigenvalue weighted by Crippen LogP contribution is -2.49. The SMILES string of the molecule is C(=C(C1CCCCC1)C1CCCCC1)C1CCC(C2CCC3C4CCC(C5CCC(C=C(C6CCCCC6)C6CCCCC6)CC5)CC4N(C4CCCCC4)C3C2)CC1. The smallest absolute Gasteiger partial charge is 0.0135 e. The lowest BCUT2D eigenvalue weighted by molar-refractivity contribution is 0.0274. The van der Waals surface area contributed by atoms with E-state index in [1.54, 1.807) is 64.2 Å². The molecule has 0 bridgehead atoms. The third-order valence-corrected chi connectivity index (χ3v) is 21.3. The summed E-state index contributed by atoms with van der Waals surface area (Å²) in [5.41, 5.74) is 4.01. The van der Waals surface area contributed by atoms with Crippen molar-refractivity contribution in [2.75, 3.05) is 0 Å². The summed E-state index contributed by atoms with van der Waals surface area (Å²) in [6.45, 7) is 0. The summed E-state index contributed by atoms with van der Waals surface area (Å²) in [4.78, 5) is 3.40. The second-order valence-corrected chi connectivity index (χ2v) is 24.4. The molecule has 6 atom stereocenters. The number of fused-ring (bicyclic) bond motifs is 3. The molecule has 1 heterocycles. The fourth-order valence-corrected chi connectivity index (χ4v) is 18.2. The third kappa shape index (κ3) is 9.91. The molecule has 9 saturated carbocycles. The van der Waals surface area contributed by atoms with E-state index >= 15 is 0 Å². The topological polar surface area (TPSA) is 3.24 Å². The first-order valence-electron chi connectivity index (χ1n) is 28.5. The predicted molar refractivity (Wildman–Crippen MR) is 251 cm³/mol. The average Bonchev–Trinajstić information content (AvgIpc) is 3.65. The van der Waals surface area contributed by atoms with Crippen molar-refractivity contribution >= 4 is 0 Å². The predicted octanol–water partition coefficient (Wildman–Crippen LogP) is 17.0. The van der Waals surface area contributed by atoms with Crippen LogP contribution in [0.15, 0.2) is 23.3 Å². The normalized spacial score (nSPS) is 40.5. The van der Waals surface area contributed by atoms with Crippen molar-refractivity contribution in [3.63, 3.8) is 0 Å². The van der Waals surface area contributed by atoms with E-state index in [9.17, 15) is 0 Å². The summed E-state index contributed by atoms with van der Waals surface area (Å²) in [6.07, 6.45) is 65.7. The van der Waals surface area contributed by atoms with Crippen molar-refractivity contribution in [2.45, 2.75) is 269 Å². The van der Waals surface area contributed by atoms with Crippen LogP contribution in [0.1, 0.15) is 250 Å². The van der Waals surface area contributed by atoms with E-state index in [1.165, 1.54) is 186 Å². The van der Waals surface area contributed by atoms with Gasteiger partial charge in [-0.05, 0) is 225 Å². The highest BCUT2D eigenvalue weighted by Gasteiger charge is 2.55. The minimum absolute atomic E-state index is 0.911. The van der Waals surface area contributed by atoms with Crippen LogP contribution in [-0.2, 0) is 0 Å². The molecular formula is C58H95N. The van der Waals surface area contributed by atoms with E-state index in [1.807, 2.05) is 11.1 Å². The number of nitrogens with zero attached hydrogens (tertiary/aromatic N) is 1. The van der Waals surface area contributed by atoms with Gasteiger partial charge in [0, 0.05) is 18.1 Å². The van der Waals surface area contributed by atoms with E-state index in [0.717, 1.165) is 89.1 Å². The van der Waals surface area contributed by atoms with Gasteiger partial charge in [0.25, 0.3) is 0 Å². The van der Waals surface area contributed by atoms with Gasteiger partial charge >= 0.3 is 0 Å². The maximum absolute atomic E-state index is 3.40. The molecule has 332 valence electrons. The highest BCUT2D eigenvalue weighted by atomic mass is 15.3. The fraction of sp³-hybridized carbons (Fsp3) is 0.931. The lowest BCUT2D eigenvalue weighted by atomic mass is 9.63. The Balaban J connectivity index is 0.773. The molecule has 1 heteroatoms. The summed E-state index contributed by atoms with van der Waals surface area (Å²) in [5, 5.41) is 0. The van der Waals surface area contributed by atoms with E-state index < -0.39 is 0 Å². The van der Waals surface area contributed by atoms with Crippen LogP contribution < -0.4 is 0 Å². The van der Waals surface area contributed by atoms with Gasteiger partial charge in [0.1, 0.15) is 0 Å². The Labute approximate surface area is 366 Å². The maximum atomic E-state index is 3.40. The lowest BCUT2D eigenvalue weighted by Gasteiger charge is -2.46. The monoisotopic (exact) mass is 806 g/mol. The third-order valence-electron chi connectivity index (χ3n) is 21.3. The highest BCUT2D eigenvalue weighted by molar-refractivity contribution is 5.17. The van der Waals surface area contributed by atoms with E-state index in [4.69, 9.17) is 0 Å².